The van der Waals surface area contributed by atoms with Crippen LogP contribution in [0.1, 0.15) is 15.9 Å². The molecule has 0 aliphatic carbocycles. The summed E-state index contributed by atoms with van der Waals surface area (Å²) >= 11 is 1.24. The number of methoxy groups -OCH3 is 1. The van der Waals surface area contributed by atoms with Crippen LogP contribution < -0.4 is 15.4 Å². The molecule has 3 aromatic carbocycles. The molecular weight excluding hydrogens is 629 g/mol. The van der Waals surface area contributed by atoms with Crippen molar-refractivity contribution in [3.8, 4) is 23.2 Å². The van der Waals surface area contributed by atoms with E-state index in [1.54, 1.807) is 56.0 Å². The van der Waals surface area contributed by atoms with Crippen molar-refractivity contribution in [1.29, 1.82) is 0 Å². The van der Waals surface area contributed by atoms with E-state index in [4.69, 9.17) is 9.15 Å². The fraction of sp³-hybridized carbons (Fsp3) is 0.0857. The fourth-order valence-electron chi connectivity index (χ4n) is 5.12. The molecule has 0 fully saturated rings. The number of benzene rings is 3. The van der Waals surface area contributed by atoms with Gasteiger partial charge in [0.1, 0.15) is 0 Å². The van der Waals surface area contributed by atoms with Crippen LogP contribution in [-0.4, -0.2) is 54.0 Å². The number of nitrogens with one attached hydrogen (secondary N) is 2. The summed E-state index contributed by atoms with van der Waals surface area (Å²) in [5.74, 6) is 1.42. The van der Waals surface area contributed by atoms with E-state index in [0.717, 1.165) is 22.3 Å². The molecule has 7 rings (SSSR count). The van der Waals surface area contributed by atoms with E-state index in [2.05, 4.69) is 30.8 Å². The molecule has 0 aliphatic heterocycles. The lowest BCUT2D eigenvalue weighted by atomic mass is 10.2. The number of furan rings is 1. The lowest BCUT2D eigenvalue weighted by molar-refractivity contribution is -0.113. The van der Waals surface area contributed by atoms with Gasteiger partial charge in [0, 0.05) is 29.2 Å². The van der Waals surface area contributed by atoms with E-state index in [0.29, 0.717) is 46.4 Å². The Labute approximate surface area is 278 Å². The Morgan fingerprint density at radius 1 is 0.896 bits per heavy atom. The van der Waals surface area contributed by atoms with Crippen LogP contribution in [0.3, 0.4) is 0 Å². The van der Waals surface area contributed by atoms with E-state index >= 15 is 0 Å². The minimum absolute atomic E-state index is 0.0593. The second-order valence-corrected chi connectivity index (χ2v) is 11.5. The van der Waals surface area contributed by atoms with Gasteiger partial charge < -0.3 is 19.0 Å². The average molecular weight is 657 g/mol. The Bertz CT molecular complexity index is 2200. The number of thioether (sulfide) groups is 1. The number of amides is 2. The van der Waals surface area contributed by atoms with E-state index in [9.17, 15) is 9.59 Å². The minimum atomic E-state index is -0.369. The van der Waals surface area contributed by atoms with Gasteiger partial charge in [-0.3, -0.25) is 19.5 Å². The molecular formula is C35H28N8O4S. The normalized spacial score (nSPS) is 11.0. The van der Waals surface area contributed by atoms with Crippen LogP contribution in [0.25, 0.3) is 28.3 Å². The standard InChI is InChI=1S/C35H28N8O4S/c1-46-31-17-16-23(20-36-31)21-42-28-14-6-5-13-27(28)38-34(42)39-33(45)24-9-7-10-25(19-24)37-30(44)22-48-35-41-40-32(29-15-8-18-47-29)43(35)26-11-3-2-4-12-26/h2-20H,21-22H2,1H3,(H,37,44)(H,38,39,45). The lowest BCUT2D eigenvalue weighted by Gasteiger charge is -2.12. The number of carbonyl (C=O) groups excluding carboxylic acids is 2. The summed E-state index contributed by atoms with van der Waals surface area (Å²) in [6.07, 6.45) is 3.30. The second kappa shape index (κ2) is 13.6. The van der Waals surface area contributed by atoms with Crippen molar-refractivity contribution in [2.24, 2.45) is 0 Å². The number of hydrogen-bond acceptors (Lipinski definition) is 9. The Morgan fingerprint density at radius 3 is 2.54 bits per heavy atom. The highest BCUT2D eigenvalue weighted by Crippen LogP contribution is 2.28. The van der Waals surface area contributed by atoms with Crippen LogP contribution in [0.5, 0.6) is 5.88 Å². The first-order valence-electron chi connectivity index (χ1n) is 14.9. The highest BCUT2D eigenvalue weighted by Gasteiger charge is 2.20. The lowest BCUT2D eigenvalue weighted by Crippen LogP contribution is -2.18. The summed E-state index contributed by atoms with van der Waals surface area (Å²) in [6, 6.07) is 31.3. The number of pyridine rings is 1. The zero-order chi connectivity index (χ0) is 32.9. The number of ether oxygens (including phenoxy) is 1. The molecule has 4 aromatic heterocycles. The van der Waals surface area contributed by atoms with Crippen molar-refractivity contribution < 1.29 is 18.7 Å². The molecule has 4 heterocycles. The summed E-state index contributed by atoms with van der Waals surface area (Å²) in [6.45, 7) is 0.432. The third-order valence-electron chi connectivity index (χ3n) is 7.36. The van der Waals surface area contributed by atoms with Gasteiger partial charge >= 0.3 is 0 Å². The predicted octanol–water partition coefficient (Wildman–Crippen LogP) is 6.31. The molecule has 48 heavy (non-hydrogen) atoms. The van der Waals surface area contributed by atoms with Gasteiger partial charge in [0.25, 0.3) is 5.91 Å². The molecule has 2 amide bonds. The molecule has 0 saturated heterocycles. The Kier molecular flexibility index (Phi) is 8.66. The smallest absolute Gasteiger partial charge is 0.258 e. The van der Waals surface area contributed by atoms with Gasteiger partial charge in [-0.15, -0.1) is 10.2 Å². The van der Waals surface area contributed by atoms with Crippen LogP contribution in [0.2, 0.25) is 0 Å². The molecule has 7 aromatic rings. The second-order valence-electron chi connectivity index (χ2n) is 10.5. The number of rotatable bonds is 11. The predicted molar refractivity (Wildman–Crippen MR) is 182 cm³/mol. The highest BCUT2D eigenvalue weighted by molar-refractivity contribution is 7.99. The maximum Gasteiger partial charge on any atom is 0.258 e. The quantitative estimate of drug-likeness (QED) is 0.153. The van der Waals surface area contributed by atoms with E-state index in [-0.39, 0.29) is 17.6 Å². The van der Waals surface area contributed by atoms with Crippen LogP contribution >= 0.6 is 11.8 Å². The van der Waals surface area contributed by atoms with Crippen molar-refractivity contribution in [3.63, 3.8) is 0 Å². The summed E-state index contributed by atoms with van der Waals surface area (Å²) < 4.78 is 14.5. The van der Waals surface area contributed by atoms with Crippen LogP contribution in [0.4, 0.5) is 11.6 Å². The third kappa shape index (κ3) is 6.52. The molecule has 2 N–H and O–H groups in total. The molecule has 0 unspecified atom stereocenters. The van der Waals surface area contributed by atoms with Crippen molar-refractivity contribution in [2.75, 3.05) is 23.5 Å². The zero-order valence-electron chi connectivity index (χ0n) is 25.6. The van der Waals surface area contributed by atoms with Gasteiger partial charge in [-0.2, -0.15) is 0 Å². The number of fused-ring (bicyclic) bond motifs is 1. The van der Waals surface area contributed by atoms with Crippen LogP contribution in [-0.2, 0) is 11.3 Å². The largest absolute Gasteiger partial charge is 0.481 e. The maximum absolute atomic E-state index is 13.5. The molecule has 12 nitrogen and oxygen atoms in total. The monoisotopic (exact) mass is 656 g/mol. The minimum Gasteiger partial charge on any atom is -0.481 e. The SMILES string of the molecule is COc1ccc(Cn2c(NC(=O)c3cccc(NC(=O)CSc4nnc(-c5ccco5)n4-c4ccccc4)c3)nc3ccccc32)cn1. The Morgan fingerprint density at radius 2 is 1.75 bits per heavy atom. The van der Waals surface area contributed by atoms with Gasteiger partial charge in [-0.05, 0) is 60.2 Å². The Balaban J connectivity index is 1.05. The Hall–Kier alpha value is -6.21. The number of anilines is 2. The number of para-hydroxylation sites is 3. The van der Waals surface area contributed by atoms with Crippen molar-refractivity contribution in [3.05, 3.63) is 127 Å². The van der Waals surface area contributed by atoms with Gasteiger partial charge in [-0.1, -0.05) is 54.2 Å². The van der Waals surface area contributed by atoms with Gasteiger partial charge in [-0.25, -0.2) is 9.97 Å². The first-order chi connectivity index (χ1) is 23.6. The molecule has 0 atom stereocenters. The van der Waals surface area contributed by atoms with E-state index in [1.807, 2.05) is 75.9 Å². The van der Waals surface area contributed by atoms with E-state index < -0.39 is 0 Å². The number of hydrogen-bond donors (Lipinski definition) is 2. The topological polar surface area (TPSA) is 142 Å². The van der Waals surface area contributed by atoms with Gasteiger partial charge in [0.2, 0.25) is 23.6 Å². The zero-order valence-corrected chi connectivity index (χ0v) is 26.4. The average Bonchev–Trinajstić information content (AvgIpc) is 3.88. The van der Waals surface area contributed by atoms with Crippen molar-refractivity contribution in [1.82, 2.24) is 29.3 Å². The number of imidazole rings is 1. The molecule has 0 bridgehead atoms. The molecule has 238 valence electrons. The van der Waals surface area contributed by atoms with Crippen molar-refractivity contribution >= 4 is 46.2 Å². The fourth-order valence-corrected chi connectivity index (χ4v) is 5.87. The first kappa shape index (κ1) is 30.4. The van der Waals surface area contributed by atoms with Crippen LogP contribution in [0.15, 0.2) is 125 Å². The number of carbonyl (C=O) groups is 2. The van der Waals surface area contributed by atoms with Crippen molar-refractivity contribution in [2.45, 2.75) is 11.7 Å². The van der Waals surface area contributed by atoms with E-state index in [1.165, 1.54) is 11.8 Å². The summed E-state index contributed by atoms with van der Waals surface area (Å²) in [7, 11) is 1.57. The number of nitrogens with zero attached hydrogens (tertiary/aromatic N) is 6. The maximum atomic E-state index is 13.5. The third-order valence-corrected chi connectivity index (χ3v) is 8.29. The first-order valence-corrected chi connectivity index (χ1v) is 15.9. The molecule has 0 saturated carbocycles. The van der Waals surface area contributed by atoms with Crippen LogP contribution in [0, 0.1) is 0 Å². The molecule has 13 heteroatoms. The molecule has 0 spiro atoms. The summed E-state index contributed by atoms with van der Waals surface area (Å²) in [5, 5.41) is 15.0. The molecule has 0 aliphatic rings. The number of aromatic nitrogens is 6. The summed E-state index contributed by atoms with van der Waals surface area (Å²) in [5.41, 5.74) is 4.19. The van der Waals surface area contributed by atoms with Gasteiger partial charge in [0.05, 0.1) is 36.7 Å². The highest BCUT2D eigenvalue weighted by atomic mass is 32.2. The molecule has 0 radical (unpaired) electrons. The van der Waals surface area contributed by atoms with Gasteiger partial charge in [0.15, 0.2) is 10.9 Å². The summed E-state index contributed by atoms with van der Waals surface area (Å²) in [4.78, 5) is 35.5.